The van der Waals surface area contributed by atoms with Crippen molar-refractivity contribution in [3.8, 4) is 0 Å². The summed E-state index contributed by atoms with van der Waals surface area (Å²) in [5, 5.41) is 2.71. The molecule has 17 heavy (non-hydrogen) atoms. The Kier molecular flexibility index (Phi) is 8.05. The predicted molar refractivity (Wildman–Crippen MR) is 66.6 cm³/mol. The fourth-order valence-electron chi connectivity index (χ4n) is 1.30. The van der Waals surface area contributed by atoms with Gasteiger partial charge in [0.1, 0.15) is 0 Å². The van der Waals surface area contributed by atoms with Crippen LogP contribution in [0, 0.1) is 0 Å². The molecule has 98 valence electrons. The van der Waals surface area contributed by atoms with Gasteiger partial charge in [-0.2, -0.15) is 0 Å². The van der Waals surface area contributed by atoms with E-state index in [0.29, 0.717) is 31.8 Å². The van der Waals surface area contributed by atoms with Gasteiger partial charge in [0.25, 0.3) is 0 Å². The molecule has 1 N–H and O–H groups in total. The molecule has 0 aromatic carbocycles. The Labute approximate surface area is 103 Å². The molecule has 0 fully saturated rings. The van der Waals surface area contributed by atoms with E-state index >= 15 is 0 Å². The van der Waals surface area contributed by atoms with Crippen LogP contribution in [0.3, 0.4) is 0 Å². The first-order valence-corrected chi connectivity index (χ1v) is 5.89. The van der Waals surface area contributed by atoms with Crippen LogP contribution >= 0.6 is 0 Å². The third-order valence-electron chi connectivity index (χ3n) is 2.17. The molecule has 0 aliphatic rings. The summed E-state index contributed by atoms with van der Waals surface area (Å²) in [6.07, 6.45) is 0. The summed E-state index contributed by atoms with van der Waals surface area (Å²) in [6.45, 7) is 11.4. The molecule has 0 rings (SSSR count). The lowest BCUT2D eigenvalue weighted by atomic mass is 10.2. The molecule has 0 saturated carbocycles. The van der Waals surface area contributed by atoms with Crippen molar-refractivity contribution in [3.05, 3.63) is 12.2 Å². The average Bonchev–Trinajstić information content (AvgIpc) is 2.28. The summed E-state index contributed by atoms with van der Waals surface area (Å²) in [6, 6.07) is 0. The van der Waals surface area contributed by atoms with Crippen molar-refractivity contribution in [2.24, 2.45) is 0 Å². The molecule has 0 heterocycles. The molecule has 0 aromatic rings. The number of nitrogens with zero attached hydrogens (tertiary/aromatic N) is 1. The van der Waals surface area contributed by atoms with Crippen molar-refractivity contribution < 1.29 is 14.3 Å². The van der Waals surface area contributed by atoms with Crippen molar-refractivity contribution in [1.82, 2.24) is 10.2 Å². The Morgan fingerprint density at radius 2 is 1.88 bits per heavy atom. The number of carbonyl (C=O) groups excluding carboxylic acids is 2. The molecule has 0 aliphatic carbocycles. The molecular weight excluding hydrogens is 220 g/mol. The van der Waals surface area contributed by atoms with Crippen molar-refractivity contribution >= 4 is 11.9 Å². The van der Waals surface area contributed by atoms with E-state index in [1.165, 1.54) is 0 Å². The fraction of sp³-hybridized carbons (Fsp3) is 0.667. The quantitative estimate of drug-likeness (QED) is 0.499. The Morgan fingerprint density at radius 1 is 1.24 bits per heavy atom. The number of ether oxygens (including phenoxy) is 1. The zero-order valence-corrected chi connectivity index (χ0v) is 10.9. The first-order valence-electron chi connectivity index (χ1n) is 5.89. The van der Waals surface area contributed by atoms with Crippen molar-refractivity contribution in [3.63, 3.8) is 0 Å². The first-order chi connectivity index (χ1) is 8.04. The van der Waals surface area contributed by atoms with Gasteiger partial charge in [-0.15, -0.1) is 0 Å². The Balaban J connectivity index is 4.16. The minimum absolute atomic E-state index is 0.0500. The number of hydrogen-bond acceptors (Lipinski definition) is 4. The number of amides is 1. The zero-order valence-electron chi connectivity index (χ0n) is 10.9. The summed E-state index contributed by atoms with van der Waals surface area (Å²) in [7, 11) is 0. The van der Waals surface area contributed by atoms with E-state index in [0.717, 1.165) is 0 Å². The Morgan fingerprint density at radius 3 is 2.35 bits per heavy atom. The highest BCUT2D eigenvalue weighted by Gasteiger charge is 2.14. The van der Waals surface area contributed by atoms with Gasteiger partial charge >= 0.3 is 5.97 Å². The third-order valence-corrected chi connectivity index (χ3v) is 2.17. The van der Waals surface area contributed by atoms with E-state index < -0.39 is 5.97 Å². The largest absolute Gasteiger partial charge is 0.463 e. The normalized spacial score (nSPS) is 10.1. The lowest BCUT2D eigenvalue weighted by molar-refractivity contribution is -0.139. The minimum Gasteiger partial charge on any atom is -0.463 e. The molecule has 0 aliphatic heterocycles. The van der Waals surface area contributed by atoms with E-state index in [2.05, 4.69) is 11.9 Å². The van der Waals surface area contributed by atoms with Gasteiger partial charge in [0, 0.05) is 18.7 Å². The Hall–Kier alpha value is -1.36. The van der Waals surface area contributed by atoms with Crippen LogP contribution in [0.4, 0.5) is 0 Å². The number of nitrogens with one attached hydrogen (secondary N) is 1. The number of hydrogen-bond donors (Lipinski definition) is 1. The van der Waals surface area contributed by atoms with Crippen LogP contribution in [0.15, 0.2) is 12.2 Å². The number of carbonyl (C=O) groups is 2. The van der Waals surface area contributed by atoms with Crippen LogP contribution < -0.4 is 5.32 Å². The summed E-state index contributed by atoms with van der Waals surface area (Å²) >= 11 is 0. The molecule has 1 amide bonds. The maximum Gasteiger partial charge on any atom is 0.334 e. The zero-order chi connectivity index (χ0) is 13.3. The second-order valence-corrected chi connectivity index (χ2v) is 3.58. The average molecular weight is 242 g/mol. The van der Waals surface area contributed by atoms with E-state index in [4.69, 9.17) is 4.74 Å². The van der Waals surface area contributed by atoms with E-state index in [-0.39, 0.29) is 12.5 Å². The Bertz CT molecular complexity index is 277. The van der Waals surface area contributed by atoms with Gasteiger partial charge in [-0.05, 0) is 20.4 Å². The molecule has 5 heteroatoms. The number of likely N-dealkylation sites (N-methyl/N-ethyl adjacent to an activating group) is 2. The second-order valence-electron chi connectivity index (χ2n) is 3.58. The highest BCUT2D eigenvalue weighted by Crippen LogP contribution is 1.99. The van der Waals surface area contributed by atoms with Crippen molar-refractivity contribution in [2.45, 2.75) is 20.8 Å². The predicted octanol–water partition coefficient (Wildman–Crippen LogP) is 0.564. The second kappa shape index (κ2) is 8.75. The van der Waals surface area contributed by atoms with Gasteiger partial charge in [-0.3, -0.25) is 9.69 Å². The fourth-order valence-corrected chi connectivity index (χ4v) is 1.30. The standard InChI is InChI=1S/C12H22N2O3/c1-5-13-11(15)9-14(6-2)8-10(4)12(16)17-7-3/h4-9H2,1-3H3,(H,13,15). The van der Waals surface area contributed by atoms with Crippen LogP contribution in [-0.2, 0) is 14.3 Å². The molecule has 0 bridgehead atoms. The van der Waals surface area contributed by atoms with Gasteiger partial charge in [-0.25, -0.2) is 4.79 Å². The van der Waals surface area contributed by atoms with Gasteiger partial charge < -0.3 is 10.1 Å². The SMILES string of the molecule is C=C(CN(CC)CC(=O)NCC)C(=O)OCC. The van der Waals surface area contributed by atoms with Crippen molar-refractivity contribution in [1.29, 1.82) is 0 Å². The van der Waals surface area contributed by atoms with E-state index in [1.54, 1.807) is 6.92 Å². The smallest absolute Gasteiger partial charge is 0.334 e. The van der Waals surface area contributed by atoms with E-state index in [1.807, 2.05) is 18.7 Å². The van der Waals surface area contributed by atoms with Crippen LogP contribution in [-0.4, -0.2) is 49.6 Å². The van der Waals surface area contributed by atoms with Crippen LogP contribution in [0.5, 0.6) is 0 Å². The summed E-state index contributed by atoms with van der Waals surface area (Å²) in [4.78, 5) is 24.6. The lowest BCUT2D eigenvalue weighted by Gasteiger charge is -2.20. The van der Waals surface area contributed by atoms with E-state index in [9.17, 15) is 9.59 Å². The molecular formula is C12H22N2O3. The molecule has 5 nitrogen and oxygen atoms in total. The molecule has 0 radical (unpaired) electrons. The monoisotopic (exact) mass is 242 g/mol. The first kappa shape index (κ1) is 15.6. The minimum atomic E-state index is -0.401. The van der Waals surface area contributed by atoms with Crippen molar-refractivity contribution in [2.75, 3.05) is 32.8 Å². The van der Waals surface area contributed by atoms with Gasteiger partial charge in [0.15, 0.2) is 0 Å². The summed E-state index contributed by atoms with van der Waals surface area (Å²) in [5.41, 5.74) is 0.373. The maximum atomic E-state index is 11.4. The number of esters is 1. The maximum absolute atomic E-state index is 11.4. The van der Waals surface area contributed by atoms with Gasteiger partial charge in [-0.1, -0.05) is 13.5 Å². The molecule has 0 spiro atoms. The lowest BCUT2D eigenvalue weighted by Crippen LogP contribution is -2.38. The highest BCUT2D eigenvalue weighted by molar-refractivity contribution is 5.88. The van der Waals surface area contributed by atoms with Crippen LogP contribution in [0.2, 0.25) is 0 Å². The van der Waals surface area contributed by atoms with Crippen LogP contribution in [0.1, 0.15) is 20.8 Å². The summed E-state index contributed by atoms with van der Waals surface area (Å²) in [5.74, 6) is -0.451. The molecule has 0 saturated heterocycles. The highest BCUT2D eigenvalue weighted by atomic mass is 16.5. The number of rotatable bonds is 8. The molecule has 0 aromatic heterocycles. The third kappa shape index (κ3) is 6.73. The molecule has 0 unspecified atom stereocenters. The van der Waals surface area contributed by atoms with Crippen LogP contribution in [0.25, 0.3) is 0 Å². The summed E-state index contributed by atoms with van der Waals surface area (Å²) < 4.78 is 4.84. The topological polar surface area (TPSA) is 58.6 Å². The van der Waals surface area contributed by atoms with Gasteiger partial charge in [0.05, 0.1) is 13.2 Å². The van der Waals surface area contributed by atoms with Gasteiger partial charge in [0.2, 0.25) is 5.91 Å². The molecule has 0 atom stereocenters.